The van der Waals surface area contributed by atoms with Crippen LogP contribution < -0.4 is 5.32 Å². The molecule has 0 unspecified atom stereocenters. The molecule has 140 valence electrons. The first kappa shape index (κ1) is 19.6. The van der Waals surface area contributed by atoms with Gasteiger partial charge >= 0.3 is 0 Å². The van der Waals surface area contributed by atoms with E-state index in [4.69, 9.17) is 23.8 Å². The van der Waals surface area contributed by atoms with Gasteiger partial charge in [0.1, 0.15) is 0 Å². The number of nitrogens with zero attached hydrogens (tertiary/aromatic N) is 4. The van der Waals surface area contributed by atoms with Gasteiger partial charge in [-0.25, -0.2) is 0 Å². The minimum atomic E-state index is 0.655. The third-order valence-corrected chi connectivity index (χ3v) is 6.04. The van der Waals surface area contributed by atoms with Crippen LogP contribution in [0.3, 0.4) is 0 Å². The molecule has 0 amide bonds. The Morgan fingerprint density at radius 3 is 2.54 bits per heavy atom. The van der Waals surface area contributed by atoms with Gasteiger partial charge < -0.3 is 10.2 Å². The molecule has 0 atom stereocenters. The highest BCUT2D eigenvalue weighted by molar-refractivity contribution is 9.10. The zero-order chi connectivity index (χ0) is 18.8. The fourth-order valence-corrected chi connectivity index (χ4v) is 4.18. The van der Waals surface area contributed by atoms with Crippen molar-refractivity contribution in [2.75, 3.05) is 31.5 Å². The van der Waals surface area contributed by atoms with Crippen LogP contribution in [0.1, 0.15) is 17.0 Å². The first-order valence-corrected chi connectivity index (χ1v) is 10.2. The summed E-state index contributed by atoms with van der Waals surface area (Å²) in [6, 6.07) is 5.75. The molecule has 0 radical (unpaired) electrons. The normalized spacial score (nSPS) is 15.3. The topological polar surface area (TPSA) is 36.3 Å². The van der Waals surface area contributed by atoms with E-state index >= 15 is 0 Å². The van der Waals surface area contributed by atoms with E-state index in [1.165, 1.54) is 11.3 Å². The fraction of sp³-hybridized carbons (Fsp3) is 0.444. The number of rotatable bonds is 3. The Labute approximate surface area is 173 Å². The van der Waals surface area contributed by atoms with Gasteiger partial charge in [-0.3, -0.25) is 9.58 Å². The van der Waals surface area contributed by atoms with Gasteiger partial charge in [0.05, 0.1) is 16.4 Å². The fourth-order valence-electron chi connectivity index (χ4n) is 3.16. The second-order valence-electron chi connectivity index (χ2n) is 6.59. The number of benzene rings is 1. The van der Waals surface area contributed by atoms with Crippen molar-refractivity contribution in [1.29, 1.82) is 0 Å². The van der Waals surface area contributed by atoms with Crippen LogP contribution in [0.2, 0.25) is 5.02 Å². The molecule has 1 saturated heterocycles. The molecule has 8 heteroatoms. The molecule has 1 aromatic heterocycles. The molecule has 5 nitrogen and oxygen atoms in total. The molecule has 0 aliphatic carbocycles. The first-order valence-electron chi connectivity index (χ1n) is 8.57. The molecule has 26 heavy (non-hydrogen) atoms. The number of hydrogen-bond acceptors (Lipinski definition) is 3. The predicted octanol–water partition coefficient (Wildman–Crippen LogP) is 3.97. The molecule has 2 heterocycles. The number of thiocarbonyl (C=S) groups is 1. The summed E-state index contributed by atoms with van der Waals surface area (Å²) < 4.78 is 2.91. The summed E-state index contributed by atoms with van der Waals surface area (Å²) in [7, 11) is 2.00. The van der Waals surface area contributed by atoms with Gasteiger partial charge in [-0.2, -0.15) is 5.10 Å². The van der Waals surface area contributed by atoms with Gasteiger partial charge in [-0.15, -0.1) is 0 Å². The van der Waals surface area contributed by atoms with E-state index in [2.05, 4.69) is 50.0 Å². The van der Waals surface area contributed by atoms with E-state index in [1.54, 1.807) is 0 Å². The zero-order valence-corrected chi connectivity index (χ0v) is 18.4. The molecule has 0 spiro atoms. The maximum absolute atomic E-state index is 6.27. The van der Waals surface area contributed by atoms with Gasteiger partial charge in [-0.1, -0.05) is 27.5 Å². The molecule has 0 bridgehead atoms. The van der Waals surface area contributed by atoms with E-state index in [-0.39, 0.29) is 0 Å². The van der Waals surface area contributed by atoms with Crippen LogP contribution in [0.4, 0.5) is 5.69 Å². The highest BCUT2D eigenvalue weighted by Gasteiger charge is 2.21. The average Bonchev–Trinajstić information content (AvgIpc) is 2.84. The van der Waals surface area contributed by atoms with E-state index in [0.717, 1.165) is 53.7 Å². The Balaban J connectivity index is 1.55. The van der Waals surface area contributed by atoms with Crippen molar-refractivity contribution in [3.63, 3.8) is 0 Å². The zero-order valence-electron chi connectivity index (χ0n) is 15.2. The van der Waals surface area contributed by atoms with Gasteiger partial charge in [0, 0.05) is 55.5 Å². The van der Waals surface area contributed by atoms with Crippen molar-refractivity contribution in [3.05, 3.63) is 44.6 Å². The SMILES string of the molecule is Cc1nn(C)c(C)c1CN1CCN(C(=S)Nc2ccc(Br)cc2Cl)CC1. The van der Waals surface area contributed by atoms with Crippen LogP contribution >= 0.6 is 39.7 Å². The highest BCUT2D eigenvalue weighted by Crippen LogP contribution is 2.26. The minimum absolute atomic E-state index is 0.655. The summed E-state index contributed by atoms with van der Waals surface area (Å²) in [5.41, 5.74) is 4.54. The molecular formula is C18H23BrClN5S. The first-order chi connectivity index (χ1) is 12.3. The third-order valence-electron chi connectivity index (χ3n) is 4.87. The monoisotopic (exact) mass is 455 g/mol. The molecule has 0 saturated carbocycles. The van der Waals surface area contributed by atoms with Gasteiger partial charge in [0.15, 0.2) is 5.11 Å². The van der Waals surface area contributed by atoms with Crippen LogP contribution in [0.5, 0.6) is 0 Å². The number of aromatic nitrogens is 2. The number of aryl methyl sites for hydroxylation is 2. The van der Waals surface area contributed by atoms with Crippen LogP contribution in [0.15, 0.2) is 22.7 Å². The summed E-state index contributed by atoms with van der Waals surface area (Å²) in [5.74, 6) is 0. The molecule has 1 aromatic carbocycles. The van der Waals surface area contributed by atoms with E-state index in [0.29, 0.717) is 5.02 Å². The lowest BCUT2D eigenvalue weighted by Gasteiger charge is -2.36. The Hall–Kier alpha value is -1.15. The molecule has 1 aliphatic rings. The summed E-state index contributed by atoms with van der Waals surface area (Å²) in [4.78, 5) is 4.66. The summed E-state index contributed by atoms with van der Waals surface area (Å²) in [6.07, 6.45) is 0. The lowest BCUT2D eigenvalue weighted by molar-refractivity contribution is 0.176. The Kier molecular flexibility index (Phi) is 6.22. The average molecular weight is 457 g/mol. The molecule has 1 N–H and O–H groups in total. The molecule has 3 rings (SSSR count). The van der Waals surface area contributed by atoms with Crippen molar-refractivity contribution in [2.45, 2.75) is 20.4 Å². The van der Waals surface area contributed by atoms with Crippen LogP contribution in [0, 0.1) is 13.8 Å². The van der Waals surface area contributed by atoms with E-state index in [1.807, 2.05) is 29.9 Å². The Bertz CT molecular complexity index is 814. The Morgan fingerprint density at radius 2 is 1.96 bits per heavy atom. The maximum Gasteiger partial charge on any atom is 0.173 e. The second-order valence-corrected chi connectivity index (χ2v) is 8.30. The number of halogens is 2. The highest BCUT2D eigenvalue weighted by atomic mass is 79.9. The second kappa shape index (κ2) is 8.25. The van der Waals surface area contributed by atoms with Crippen LogP contribution in [-0.4, -0.2) is 50.9 Å². The van der Waals surface area contributed by atoms with Crippen molar-refractivity contribution in [3.8, 4) is 0 Å². The molecule has 1 fully saturated rings. The van der Waals surface area contributed by atoms with Crippen molar-refractivity contribution in [2.24, 2.45) is 7.05 Å². The number of anilines is 1. The van der Waals surface area contributed by atoms with Crippen molar-refractivity contribution < 1.29 is 0 Å². The minimum Gasteiger partial charge on any atom is -0.346 e. The molecule has 1 aliphatic heterocycles. The van der Waals surface area contributed by atoms with Crippen LogP contribution in [0.25, 0.3) is 0 Å². The molecular weight excluding hydrogens is 434 g/mol. The maximum atomic E-state index is 6.27. The summed E-state index contributed by atoms with van der Waals surface area (Å²) >= 11 is 15.3. The lowest BCUT2D eigenvalue weighted by atomic mass is 10.1. The summed E-state index contributed by atoms with van der Waals surface area (Å²) in [6.45, 7) is 8.91. The number of hydrogen-bond donors (Lipinski definition) is 1. The standard InChI is InChI=1S/C18H23BrClN5S/c1-12-15(13(2)23(3)22-12)11-24-6-8-25(9-7-24)18(26)21-17-5-4-14(19)10-16(17)20/h4-5,10H,6-9,11H2,1-3H3,(H,21,26). The smallest absolute Gasteiger partial charge is 0.173 e. The largest absolute Gasteiger partial charge is 0.346 e. The van der Waals surface area contributed by atoms with E-state index < -0.39 is 0 Å². The van der Waals surface area contributed by atoms with Gasteiger partial charge in [0.2, 0.25) is 0 Å². The lowest BCUT2D eigenvalue weighted by Crippen LogP contribution is -2.49. The van der Waals surface area contributed by atoms with Crippen molar-refractivity contribution >= 4 is 50.5 Å². The Morgan fingerprint density at radius 1 is 1.27 bits per heavy atom. The predicted molar refractivity (Wildman–Crippen MR) is 115 cm³/mol. The van der Waals surface area contributed by atoms with Gasteiger partial charge in [-0.05, 0) is 44.3 Å². The quantitative estimate of drug-likeness (QED) is 0.707. The third kappa shape index (κ3) is 4.39. The molecule has 2 aromatic rings. The summed E-state index contributed by atoms with van der Waals surface area (Å²) in [5, 5.41) is 9.16. The van der Waals surface area contributed by atoms with E-state index in [9.17, 15) is 0 Å². The van der Waals surface area contributed by atoms with Crippen LogP contribution in [-0.2, 0) is 13.6 Å². The van der Waals surface area contributed by atoms with Crippen molar-refractivity contribution in [1.82, 2.24) is 19.6 Å². The van der Waals surface area contributed by atoms with Gasteiger partial charge in [0.25, 0.3) is 0 Å². The number of nitrogens with one attached hydrogen (secondary N) is 1. The number of piperazine rings is 1.